The molecule has 0 radical (unpaired) electrons. The van der Waals surface area contributed by atoms with E-state index >= 15 is 0 Å². The summed E-state index contributed by atoms with van der Waals surface area (Å²) >= 11 is 7.09. The number of fused-ring (bicyclic) bond motifs is 1. The third kappa shape index (κ3) is 3.76. The number of non-ortho nitro benzene ring substituents is 1. The number of aliphatic hydroxyl groups is 1. The Kier molecular flexibility index (Phi) is 5.42. The zero-order valence-electron chi connectivity index (χ0n) is 18.3. The SMILES string of the molecule is Cc1cc(/C(O)=C2\C(=O)C(=O)N(c3nc4ccc([N+](=O)[O-])cc4s3)C2c2ccc(Cl)cc2)c(C)o1. The summed E-state index contributed by atoms with van der Waals surface area (Å²) in [6, 6.07) is 11.3. The van der Waals surface area contributed by atoms with Crippen LogP contribution in [0.3, 0.4) is 0 Å². The van der Waals surface area contributed by atoms with Crippen molar-refractivity contribution < 1.29 is 24.0 Å². The lowest BCUT2D eigenvalue weighted by molar-refractivity contribution is -0.384. The Balaban J connectivity index is 1.73. The molecule has 0 bridgehead atoms. The highest BCUT2D eigenvalue weighted by molar-refractivity contribution is 7.22. The van der Waals surface area contributed by atoms with Crippen molar-refractivity contribution in [1.29, 1.82) is 0 Å². The van der Waals surface area contributed by atoms with Crippen molar-refractivity contribution in [3.05, 3.63) is 91.9 Å². The summed E-state index contributed by atoms with van der Waals surface area (Å²) in [5.41, 5.74) is 1.03. The average Bonchev–Trinajstić information content (AvgIpc) is 3.46. The van der Waals surface area contributed by atoms with Gasteiger partial charge in [0.15, 0.2) is 5.13 Å². The molecule has 2 aromatic heterocycles. The molecule has 9 nitrogen and oxygen atoms in total. The molecule has 5 rings (SSSR count). The van der Waals surface area contributed by atoms with Gasteiger partial charge in [-0.1, -0.05) is 35.1 Å². The van der Waals surface area contributed by atoms with Crippen LogP contribution < -0.4 is 4.90 Å². The Bertz CT molecular complexity index is 1570. The molecule has 11 heteroatoms. The van der Waals surface area contributed by atoms with E-state index in [2.05, 4.69) is 4.98 Å². The van der Waals surface area contributed by atoms with Gasteiger partial charge in [0.25, 0.3) is 11.5 Å². The number of thiazole rings is 1. The van der Waals surface area contributed by atoms with E-state index in [9.17, 15) is 24.8 Å². The lowest BCUT2D eigenvalue weighted by atomic mass is 9.95. The first-order valence-electron chi connectivity index (χ1n) is 10.3. The molecule has 1 amide bonds. The minimum atomic E-state index is -1.00. The average molecular weight is 510 g/mol. The molecule has 0 saturated carbocycles. The fourth-order valence-corrected chi connectivity index (χ4v) is 5.27. The molecule has 0 spiro atoms. The fourth-order valence-electron chi connectivity index (χ4n) is 4.12. The standard InChI is InChI=1S/C24H16ClN3O6S/c1-11-9-16(12(2)34-11)21(29)19-20(13-3-5-14(25)6-4-13)27(23(31)22(19)30)24-26-17-8-7-15(28(32)33)10-18(17)35-24/h3-10,20,29H,1-2H3/b21-19+. The molecule has 1 unspecified atom stereocenters. The summed E-state index contributed by atoms with van der Waals surface area (Å²) in [4.78, 5) is 42.9. The normalized spacial score (nSPS) is 17.5. The number of benzene rings is 2. The van der Waals surface area contributed by atoms with Gasteiger partial charge in [0.2, 0.25) is 0 Å². The molecule has 1 aliphatic rings. The van der Waals surface area contributed by atoms with E-state index in [1.807, 2.05) is 0 Å². The molecule has 1 atom stereocenters. The first-order valence-corrected chi connectivity index (χ1v) is 11.5. The Morgan fingerprint density at radius 2 is 1.89 bits per heavy atom. The van der Waals surface area contributed by atoms with Gasteiger partial charge in [0.1, 0.15) is 17.3 Å². The van der Waals surface area contributed by atoms with Gasteiger partial charge in [-0.05, 0) is 43.7 Å². The van der Waals surface area contributed by atoms with Crippen LogP contribution in [0.5, 0.6) is 0 Å². The maximum absolute atomic E-state index is 13.3. The highest BCUT2D eigenvalue weighted by Crippen LogP contribution is 2.45. The number of carbonyl (C=O) groups is 2. The number of Topliss-reactive ketones (excluding diaryl/α,β-unsaturated/α-hetero) is 1. The van der Waals surface area contributed by atoms with Crippen molar-refractivity contribution in [2.45, 2.75) is 19.9 Å². The Morgan fingerprint density at radius 1 is 1.17 bits per heavy atom. The van der Waals surface area contributed by atoms with Crippen molar-refractivity contribution in [3.8, 4) is 0 Å². The number of carbonyl (C=O) groups excluding carboxylic acids is 2. The smallest absolute Gasteiger partial charge is 0.301 e. The highest BCUT2D eigenvalue weighted by Gasteiger charge is 2.48. The number of hydrogen-bond acceptors (Lipinski definition) is 8. The van der Waals surface area contributed by atoms with Gasteiger partial charge in [0, 0.05) is 17.2 Å². The Labute approximate surface area is 207 Å². The number of nitro benzene ring substituents is 1. The first-order chi connectivity index (χ1) is 16.7. The molecule has 2 aromatic carbocycles. The van der Waals surface area contributed by atoms with E-state index in [4.69, 9.17) is 16.0 Å². The van der Waals surface area contributed by atoms with E-state index in [1.165, 1.54) is 23.1 Å². The van der Waals surface area contributed by atoms with Crippen molar-refractivity contribution in [3.63, 3.8) is 0 Å². The van der Waals surface area contributed by atoms with Crippen LogP contribution in [-0.4, -0.2) is 26.7 Å². The number of nitrogens with zero attached hydrogens (tertiary/aromatic N) is 3. The van der Waals surface area contributed by atoms with Gasteiger partial charge in [0.05, 0.1) is 32.3 Å². The minimum absolute atomic E-state index is 0.116. The van der Waals surface area contributed by atoms with Crippen LogP contribution in [0.2, 0.25) is 5.02 Å². The lowest BCUT2D eigenvalue weighted by Crippen LogP contribution is -2.29. The second-order valence-electron chi connectivity index (χ2n) is 7.95. The minimum Gasteiger partial charge on any atom is -0.507 e. The lowest BCUT2D eigenvalue weighted by Gasteiger charge is -2.22. The van der Waals surface area contributed by atoms with E-state index in [-0.39, 0.29) is 22.2 Å². The third-order valence-electron chi connectivity index (χ3n) is 5.70. The van der Waals surface area contributed by atoms with Gasteiger partial charge in [-0.25, -0.2) is 4.98 Å². The number of anilines is 1. The molecule has 1 fully saturated rings. The fraction of sp³-hybridized carbons (Fsp3) is 0.125. The van der Waals surface area contributed by atoms with Gasteiger partial charge in [-0.3, -0.25) is 24.6 Å². The summed E-state index contributed by atoms with van der Waals surface area (Å²) in [6.45, 7) is 3.36. The van der Waals surface area contributed by atoms with Crippen LogP contribution in [0.25, 0.3) is 16.0 Å². The first kappa shape index (κ1) is 22.8. The van der Waals surface area contributed by atoms with E-state index in [0.717, 1.165) is 11.3 Å². The quantitative estimate of drug-likeness (QED) is 0.123. The molecule has 1 aliphatic heterocycles. The van der Waals surface area contributed by atoms with E-state index in [1.54, 1.807) is 44.2 Å². The van der Waals surface area contributed by atoms with Crippen LogP contribution in [0.4, 0.5) is 10.8 Å². The van der Waals surface area contributed by atoms with Crippen molar-refractivity contribution >= 4 is 61.4 Å². The largest absolute Gasteiger partial charge is 0.507 e. The maximum atomic E-state index is 13.3. The Hall–Kier alpha value is -4.02. The predicted octanol–water partition coefficient (Wildman–Crippen LogP) is 5.69. The summed E-state index contributed by atoms with van der Waals surface area (Å²) < 4.78 is 5.99. The van der Waals surface area contributed by atoms with Crippen molar-refractivity contribution in [2.24, 2.45) is 0 Å². The molecule has 1 N–H and O–H groups in total. The van der Waals surface area contributed by atoms with Gasteiger partial charge < -0.3 is 9.52 Å². The van der Waals surface area contributed by atoms with Crippen molar-refractivity contribution in [2.75, 3.05) is 4.90 Å². The van der Waals surface area contributed by atoms with E-state index < -0.39 is 22.7 Å². The number of aryl methyl sites for hydroxylation is 2. The van der Waals surface area contributed by atoms with Crippen LogP contribution >= 0.6 is 22.9 Å². The van der Waals surface area contributed by atoms with Crippen LogP contribution in [0.15, 0.2) is 58.5 Å². The highest BCUT2D eigenvalue weighted by atomic mass is 35.5. The monoisotopic (exact) mass is 509 g/mol. The Morgan fingerprint density at radius 3 is 2.51 bits per heavy atom. The molecule has 0 aliphatic carbocycles. The molecule has 1 saturated heterocycles. The predicted molar refractivity (Wildman–Crippen MR) is 131 cm³/mol. The van der Waals surface area contributed by atoms with Gasteiger partial charge in [-0.2, -0.15) is 0 Å². The van der Waals surface area contributed by atoms with Crippen molar-refractivity contribution in [1.82, 2.24) is 4.98 Å². The third-order valence-corrected chi connectivity index (χ3v) is 6.97. The topological polar surface area (TPSA) is 127 Å². The number of nitro groups is 1. The second-order valence-corrected chi connectivity index (χ2v) is 9.40. The van der Waals surface area contributed by atoms with Crippen LogP contribution in [0, 0.1) is 24.0 Å². The number of halogens is 1. The maximum Gasteiger partial charge on any atom is 0.301 e. The number of furan rings is 1. The second kappa shape index (κ2) is 8.33. The summed E-state index contributed by atoms with van der Waals surface area (Å²) in [5.74, 6) is -1.19. The molecule has 176 valence electrons. The molecule has 4 aromatic rings. The van der Waals surface area contributed by atoms with Gasteiger partial charge in [-0.15, -0.1) is 0 Å². The zero-order valence-corrected chi connectivity index (χ0v) is 19.9. The summed E-state index contributed by atoms with van der Waals surface area (Å²) in [7, 11) is 0. The van der Waals surface area contributed by atoms with Crippen LogP contribution in [-0.2, 0) is 9.59 Å². The number of hydrogen-bond donors (Lipinski definition) is 1. The zero-order chi connectivity index (χ0) is 25.0. The summed E-state index contributed by atoms with van der Waals surface area (Å²) in [5, 5.41) is 23.0. The summed E-state index contributed by atoms with van der Waals surface area (Å²) in [6.07, 6.45) is 0. The number of rotatable bonds is 4. The number of aromatic nitrogens is 1. The van der Waals surface area contributed by atoms with Crippen LogP contribution in [0.1, 0.15) is 28.7 Å². The molecular formula is C24H16ClN3O6S. The molecule has 3 heterocycles. The van der Waals surface area contributed by atoms with E-state index in [0.29, 0.717) is 37.9 Å². The van der Waals surface area contributed by atoms with Gasteiger partial charge >= 0.3 is 5.91 Å². The number of aliphatic hydroxyl groups excluding tert-OH is 1. The number of ketones is 1. The molecular weight excluding hydrogens is 494 g/mol. The number of amides is 1. The molecule has 35 heavy (non-hydrogen) atoms.